The van der Waals surface area contributed by atoms with Crippen LogP contribution < -0.4 is 0 Å². The van der Waals surface area contributed by atoms with E-state index < -0.39 is 5.82 Å². The first kappa shape index (κ1) is 11.2. The van der Waals surface area contributed by atoms with Crippen LogP contribution >= 0.6 is 0 Å². The van der Waals surface area contributed by atoms with Crippen LogP contribution in [0.2, 0.25) is 0 Å². The van der Waals surface area contributed by atoms with E-state index in [2.05, 4.69) is 0 Å². The van der Waals surface area contributed by atoms with Crippen LogP contribution in [0.4, 0.5) is 8.78 Å². The number of benzene rings is 1. The zero-order valence-electron chi connectivity index (χ0n) is 9.22. The molecule has 0 amide bonds. The summed E-state index contributed by atoms with van der Waals surface area (Å²) in [7, 11) is 0. The smallest absolute Gasteiger partial charge is 0.133 e. The summed E-state index contributed by atoms with van der Waals surface area (Å²) in [5.41, 5.74) is 0.170. The van der Waals surface area contributed by atoms with Gasteiger partial charge in [0.15, 0.2) is 0 Å². The molecule has 16 heavy (non-hydrogen) atoms. The molecule has 0 bridgehead atoms. The number of rotatable bonds is 2. The Bertz CT molecular complexity index is 428. The van der Waals surface area contributed by atoms with Gasteiger partial charge in [0.1, 0.15) is 17.4 Å². The van der Waals surface area contributed by atoms with Gasteiger partial charge in [-0.2, -0.15) is 0 Å². The molecule has 1 unspecified atom stereocenters. The Hall–Kier alpha value is -1.25. The molecule has 2 rings (SSSR count). The van der Waals surface area contributed by atoms with Gasteiger partial charge in [-0.05, 0) is 42.0 Å². The van der Waals surface area contributed by atoms with Crippen LogP contribution in [-0.2, 0) is 11.2 Å². The number of ketones is 1. The fourth-order valence-corrected chi connectivity index (χ4v) is 2.38. The molecule has 0 radical (unpaired) electrons. The van der Waals surface area contributed by atoms with E-state index in [0.29, 0.717) is 24.8 Å². The van der Waals surface area contributed by atoms with Gasteiger partial charge in [-0.15, -0.1) is 0 Å². The van der Waals surface area contributed by atoms with Crippen molar-refractivity contribution in [1.82, 2.24) is 0 Å². The minimum absolute atomic E-state index is 0.203. The number of hydrogen-bond donors (Lipinski definition) is 0. The van der Waals surface area contributed by atoms with Gasteiger partial charge in [0.05, 0.1) is 0 Å². The fourth-order valence-electron chi connectivity index (χ4n) is 2.38. The van der Waals surface area contributed by atoms with E-state index in [-0.39, 0.29) is 17.0 Å². The predicted molar refractivity (Wildman–Crippen MR) is 57.0 cm³/mol. The lowest BCUT2D eigenvalue weighted by molar-refractivity contribution is -0.117. The van der Waals surface area contributed by atoms with Gasteiger partial charge < -0.3 is 0 Å². The second-order valence-electron chi connectivity index (χ2n) is 4.94. The van der Waals surface area contributed by atoms with Gasteiger partial charge in [-0.25, -0.2) is 8.78 Å². The average Bonchev–Trinajstić information content (AvgIpc) is 2.52. The summed E-state index contributed by atoms with van der Waals surface area (Å²) in [6.07, 6.45) is 2.24. The standard InChI is InChI=1S/C13H14F2O/c1-13(5-4-11(16)8-13)7-9-6-10(14)2-3-12(9)15/h2-3,6H,4-5,7-8H2,1H3. The topological polar surface area (TPSA) is 17.1 Å². The molecule has 1 atom stereocenters. The second-order valence-corrected chi connectivity index (χ2v) is 4.94. The maximum Gasteiger partial charge on any atom is 0.133 e. The van der Waals surface area contributed by atoms with Gasteiger partial charge in [0.25, 0.3) is 0 Å². The summed E-state index contributed by atoms with van der Waals surface area (Å²) >= 11 is 0. The first-order chi connectivity index (χ1) is 7.48. The fraction of sp³-hybridized carbons (Fsp3) is 0.462. The number of hydrogen-bond acceptors (Lipinski definition) is 1. The Kier molecular flexibility index (Phi) is 2.78. The number of halogens is 2. The van der Waals surface area contributed by atoms with Crippen LogP contribution in [0.3, 0.4) is 0 Å². The summed E-state index contributed by atoms with van der Waals surface area (Å²) < 4.78 is 26.4. The molecule has 0 saturated heterocycles. The van der Waals surface area contributed by atoms with Crippen molar-refractivity contribution in [2.75, 3.05) is 0 Å². The normalized spacial score (nSPS) is 25.1. The Labute approximate surface area is 93.5 Å². The van der Waals surface area contributed by atoms with Crippen LogP contribution in [0.1, 0.15) is 31.7 Å². The van der Waals surface area contributed by atoms with Gasteiger partial charge in [0, 0.05) is 12.8 Å². The molecule has 1 fully saturated rings. The van der Waals surface area contributed by atoms with Crippen LogP contribution in [0.15, 0.2) is 18.2 Å². The molecular formula is C13H14F2O. The number of carbonyl (C=O) groups excluding carboxylic acids is 1. The van der Waals surface area contributed by atoms with Crippen molar-refractivity contribution in [3.63, 3.8) is 0 Å². The lowest BCUT2D eigenvalue weighted by atomic mass is 9.82. The largest absolute Gasteiger partial charge is 0.300 e. The summed E-state index contributed by atoms with van der Waals surface area (Å²) in [6, 6.07) is 3.48. The van der Waals surface area contributed by atoms with E-state index in [1.165, 1.54) is 6.07 Å². The maximum atomic E-state index is 13.4. The molecule has 0 N–H and O–H groups in total. The number of carbonyl (C=O) groups is 1. The molecule has 1 aromatic rings. The van der Waals surface area contributed by atoms with Crippen molar-refractivity contribution in [2.45, 2.75) is 32.6 Å². The van der Waals surface area contributed by atoms with E-state index in [9.17, 15) is 13.6 Å². The number of Topliss-reactive ketones (excluding diaryl/α,β-unsaturated/α-hetero) is 1. The molecule has 1 aliphatic rings. The molecule has 86 valence electrons. The van der Waals surface area contributed by atoms with E-state index in [1.807, 2.05) is 6.92 Å². The minimum atomic E-state index is -0.427. The van der Waals surface area contributed by atoms with E-state index in [1.54, 1.807) is 0 Å². The predicted octanol–water partition coefficient (Wildman–Crippen LogP) is 3.27. The molecule has 1 saturated carbocycles. The monoisotopic (exact) mass is 224 g/mol. The van der Waals surface area contributed by atoms with Crippen molar-refractivity contribution in [3.05, 3.63) is 35.4 Å². The third kappa shape index (κ3) is 2.29. The molecule has 0 aromatic heterocycles. The Morgan fingerprint density at radius 1 is 1.38 bits per heavy atom. The van der Waals surface area contributed by atoms with Crippen LogP contribution in [0.5, 0.6) is 0 Å². The van der Waals surface area contributed by atoms with Gasteiger partial charge in [-0.3, -0.25) is 4.79 Å². The average molecular weight is 224 g/mol. The maximum absolute atomic E-state index is 13.4. The van der Waals surface area contributed by atoms with E-state index in [0.717, 1.165) is 18.6 Å². The molecule has 0 aliphatic heterocycles. The molecule has 1 aliphatic carbocycles. The second kappa shape index (κ2) is 3.96. The third-order valence-corrected chi connectivity index (χ3v) is 3.26. The SMILES string of the molecule is CC1(Cc2cc(F)ccc2F)CCC(=O)C1. The lowest BCUT2D eigenvalue weighted by Gasteiger charge is -2.22. The summed E-state index contributed by atoms with van der Waals surface area (Å²) in [5, 5.41) is 0. The van der Waals surface area contributed by atoms with Crippen LogP contribution in [-0.4, -0.2) is 5.78 Å². The first-order valence-corrected chi connectivity index (χ1v) is 5.44. The summed E-state index contributed by atoms with van der Waals surface area (Å²) in [5.74, 6) is -0.592. The van der Waals surface area contributed by atoms with Gasteiger partial charge in [-0.1, -0.05) is 6.92 Å². The third-order valence-electron chi connectivity index (χ3n) is 3.26. The highest BCUT2D eigenvalue weighted by Crippen LogP contribution is 2.38. The summed E-state index contributed by atoms with van der Waals surface area (Å²) in [6.45, 7) is 1.96. The van der Waals surface area contributed by atoms with Crippen molar-refractivity contribution in [2.24, 2.45) is 5.41 Å². The molecular weight excluding hydrogens is 210 g/mol. The lowest BCUT2D eigenvalue weighted by Crippen LogP contribution is -2.16. The Morgan fingerprint density at radius 3 is 2.75 bits per heavy atom. The molecule has 0 spiro atoms. The highest BCUT2D eigenvalue weighted by atomic mass is 19.1. The quantitative estimate of drug-likeness (QED) is 0.753. The molecule has 3 heteroatoms. The highest BCUT2D eigenvalue weighted by molar-refractivity contribution is 5.81. The van der Waals surface area contributed by atoms with Gasteiger partial charge in [0.2, 0.25) is 0 Å². The van der Waals surface area contributed by atoms with Crippen molar-refractivity contribution in [3.8, 4) is 0 Å². The van der Waals surface area contributed by atoms with Gasteiger partial charge >= 0.3 is 0 Å². The zero-order valence-corrected chi connectivity index (χ0v) is 9.22. The van der Waals surface area contributed by atoms with Crippen molar-refractivity contribution < 1.29 is 13.6 Å². The highest BCUT2D eigenvalue weighted by Gasteiger charge is 2.34. The zero-order chi connectivity index (χ0) is 11.8. The van der Waals surface area contributed by atoms with Crippen LogP contribution in [0, 0.1) is 17.0 Å². The molecule has 1 aromatic carbocycles. The van der Waals surface area contributed by atoms with Crippen molar-refractivity contribution in [1.29, 1.82) is 0 Å². The minimum Gasteiger partial charge on any atom is -0.300 e. The van der Waals surface area contributed by atoms with E-state index in [4.69, 9.17) is 0 Å². The Balaban J connectivity index is 2.20. The molecule has 1 nitrogen and oxygen atoms in total. The van der Waals surface area contributed by atoms with Crippen LogP contribution in [0.25, 0.3) is 0 Å². The van der Waals surface area contributed by atoms with Crippen molar-refractivity contribution >= 4 is 5.78 Å². The van der Waals surface area contributed by atoms with E-state index >= 15 is 0 Å². The summed E-state index contributed by atoms with van der Waals surface area (Å²) in [4.78, 5) is 11.2. The Morgan fingerprint density at radius 2 is 2.12 bits per heavy atom. The molecule has 0 heterocycles. The first-order valence-electron chi connectivity index (χ1n) is 5.44.